The van der Waals surface area contributed by atoms with Crippen molar-refractivity contribution in [3.8, 4) is 0 Å². The molecule has 0 unspecified atom stereocenters. The molecule has 0 fully saturated rings. The molecule has 0 bridgehead atoms. The van der Waals surface area contributed by atoms with Crippen LogP contribution in [0.15, 0.2) is 52.2 Å². The van der Waals surface area contributed by atoms with Gasteiger partial charge in [-0.1, -0.05) is 50.7 Å². The van der Waals surface area contributed by atoms with Crippen LogP contribution in [0.5, 0.6) is 0 Å². The second-order valence-corrected chi connectivity index (χ2v) is 10.2. The van der Waals surface area contributed by atoms with Gasteiger partial charge in [0.05, 0.1) is 11.4 Å². The number of hydrogen-bond acceptors (Lipinski definition) is 4. The van der Waals surface area contributed by atoms with Crippen LogP contribution in [-0.2, 0) is 16.8 Å². The molecule has 1 amide bonds. The molecule has 0 aliphatic carbocycles. The number of para-hydroxylation sites is 1. The predicted molar refractivity (Wildman–Crippen MR) is 125 cm³/mol. The molecule has 0 saturated heterocycles. The number of thioether (sulfide) groups is 1. The number of rotatable bonds is 5. The molecule has 0 aliphatic heterocycles. The predicted octanol–water partition coefficient (Wildman–Crippen LogP) is 6.30. The lowest BCUT2D eigenvalue weighted by Crippen LogP contribution is -2.14. The van der Waals surface area contributed by atoms with Gasteiger partial charge in [0.1, 0.15) is 0 Å². The monoisotopic (exact) mass is 423 g/mol. The second-order valence-electron chi connectivity index (χ2n) is 8.08. The standard InChI is InChI=1S/C23H25N3OS2/c1-5-26-18-9-7-6-8-16(18)17-12-15(10-11-19(17)26)24-21(27)14-29-22-25-20(13-28-22)23(2,3)4/h6-13H,5,14H2,1-4H3,(H,24,27). The topological polar surface area (TPSA) is 46.9 Å². The van der Waals surface area contributed by atoms with Gasteiger partial charge >= 0.3 is 0 Å². The number of fused-ring (bicyclic) bond motifs is 3. The summed E-state index contributed by atoms with van der Waals surface area (Å²) in [6.45, 7) is 9.51. The zero-order chi connectivity index (χ0) is 20.6. The fourth-order valence-electron chi connectivity index (χ4n) is 3.46. The van der Waals surface area contributed by atoms with Gasteiger partial charge in [-0.2, -0.15) is 0 Å². The molecule has 1 N–H and O–H groups in total. The number of anilines is 1. The Morgan fingerprint density at radius 2 is 1.90 bits per heavy atom. The van der Waals surface area contributed by atoms with Gasteiger partial charge in [0, 0.05) is 44.8 Å². The number of hydrogen-bond donors (Lipinski definition) is 1. The number of benzene rings is 2. The molecule has 2 heterocycles. The molecule has 4 aromatic rings. The number of aromatic nitrogens is 2. The minimum Gasteiger partial charge on any atom is -0.341 e. The van der Waals surface area contributed by atoms with Crippen LogP contribution in [0, 0.1) is 0 Å². The van der Waals surface area contributed by atoms with Crippen LogP contribution in [0.25, 0.3) is 21.8 Å². The van der Waals surface area contributed by atoms with E-state index in [1.54, 1.807) is 11.3 Å². The van der Waals surface area contributed by atoms with E-state index in [9.17, 15) is 4.79 Å². The molecule has 2 aromatic heterocycles. The highest BCUT2D eigenvalue weighted by Gasteiger charge is 2.18. The van der Waals surface area contributed by atoms with Crippen molar-refractivity contribution in [1.82, 2.24) is 9.55 Å². The van der Waals surface area contributed by atoms with Crippen LogP contribution in [-0.4, -0.2) is 21.2 Å². The minimum atomic E-state index is -0.0129. The van der Waals surface area contributed by atoms with Crippen molar-refractivity contribution in [2.75, 3.05) is 11.1 Å². The molecule has 0 aliphatic rings. The van der Waals surface area contributed by atoms with Crippen LogP contribution in [0.2, 0.25) is 0 Å². The molecule has 2 aromatic carbocycles. The van der Waals surface area contributed by atoms with Gasteiger partial charge in [-0.15, -0.1) is 11.3 Å². The Balaban J connectivity index is 1.50. The maximum atomic E-state index is 12.5. The van der Waals surface area contributed by atoms with E-state index in [2.05, 4.69) is 84.3 Å². The first-order valence-electron chi connectivity index (χ1n) is 9.76. The van der Waals surface area contributed by atoms with Gasteiger partial charge in [0.2, 0.25) is 5.91 Å². The van der Waals surface area contributed by atoms with Crippen LogP contribution < -0.4 is 5.32 Å². The van der Waals surface area contributed by atoms with Gasteiger partial charge in [0.15, 0.2) is 4.34 Å². The lowest BCUT2D eigenvalue weighted by molar-refractivity contribution is -0.113. The molecule has 4 nitrogen and oxygen atoms in total. The Morgan fingerprint density at radius 3 is 2.62 bits per heavy atom. The smallest absolute Gasteiger partial charge is 0.234 e. The zero-order valence-corrected chi connectivity index (χ0v) is 18.8. The normalized spacial score (nSPS) is 12.0. The Bertz CT molecular complexity index is 1180. The molecule has 29 heavy (non-hydrogen) atoms. The molecule has 4 rings (SSSR count). The van der Waals surface area contributed by atoms with Crippen molar-refractivity contribution in [2.45, 2.75) is 44.0 Å². The number of thiazole rings is 1. The van der Waals surface area contributed by atoms with E-state index < -0.39 is 0 Å². The number of amides is 1. The van der Waals surface area contributed by atoms with Gasteiger partial charge in [0.25, 0.3) is 0 Å². The molecule has 6 heteroatoms. The van der Waals surface area contributed by atoms with Crippen molar-refractivity contribution < 1.29 is 4.79 Å². The first-order valence-corrected chi connectivity index (χ1v) is 11.6. The van der Waals surface area contributed by atoms with Crippen molar-refractivity contribution in [1.29, 1.82) is 0 Å². The summed E-state index contributed by atoms with van der Waals surface area (Å²) >= 11 is 3.09. The average Bonchev–Trinajstić information content (AvgIpc) is 3.29. The first kappa shape index (κ1) is 20.0. The molecular weight excluding hydrogens is 398 g/mol. The fourth-order valence-corrected chi connectivity index (χ4v) is 5.32. The van der Waals surface area contributed by atoms with Crippen LogP contribution in [0.3, 0.4) is 0 Å². The summed E-state index contributed by atoms with van der Waals surface area (Å²) in [7, 11) is 0. The van der Waals surface area contributed by atoms with Crippen LogP contribution in [0.1, 0.15) is 33.4 Å². The number of aryl methyl sites for hydroxylation is 1. The summed E-state index contributed by atoms with van der Waals surface area (Å²) in [6, 6.07) is 14.6. The van der Waals surface area contributed by atoms with Crippen molar-refractivity contribution in [2.24, 2.45) is 0 Å². The van der Waals surface area contributed by atoms with Gasteiger partial charge in [-0.05, 0) is 31.2 Å². The molecule has 150 valence electrons. The summed E-state index contributed by atoms with van der Waals surface area (Å²) in [4.78, 5) is 17.1. The van der Waals surface area contributed by atoms with Gasteiger partial charge in [-0.3, -0.25) is 4.79 Å². The van der Waals surface area contributed by atoms with Crippen LogP contribution >= 0.6 is 23.1 Å². The third kappa shape index (κ3) is 4.05. The molecule has 0 radical (unpaired) electrons. The molecular formula is C23H25N3OS2. The SMILES string of the molecule is CCn1c2ccccc2c2cc(NC(=O)CSc3nc(C(C)(C)C)cs3)ccc21. The number of carbonyl (C=O) groups is 1. The van der Waals surface area contributed by atoms with E-state index in [0.717, 1.165) is 22.3 Å². The van der Waals surface area contributed by atoms with Crippen molar-refractivity contribution in [3.63, 3.8) is 0 Å². The summed E-state index contributed by atoms with van der Waals surface area (Å²) < 4.78 is 3.24. The van der Waals surface area contributed by atoms with E-state index in [1.165, 1.54) is 33.6 Å². The lowest BCUT2D eigenvalue weighted by Gasteiger charge is -2.14. The van der Waals surface area contributed by atoms with Gasteiger partial charge in [-0.25, -0.2) is 4.98 Å². The zero-order valence-electron chi connectivity index (χ0n) is 17.2. The first-order chi connectivity index (χ1) is 13.9. The van der Waals surface area contributed by atoms with E-state index in [-0.39, 0.29) is 11.3 Å². The maximum absolute atomic E-state index is 12.5. The lowest BCUT2D eigenvalue weighted by atomic mass is 9.93. The Hall–Kier alpha value is -2.31. The largest absolute Gasteiger partial charge is 0.341 e. The van der Waals surface area contributed by atoms with E-state index in [1.807, 2.05) is 6.07 Å². The Morgan fingerprint density at radius 1 is 1.14 bits per heavy atom. The Labute approximate surface area is 179 Å². The van der Waals surface area contributed by atoms with Gasteiger partial charge < -0.3 is 9.88 Å². The van der Waals surface area contributed by atoms with Crippen molar-refractivity contribution >= 4 is 56.5 Å². The highest BCUT2D eigenvalue weighted by molar-refractivity contribution is 8.01. The third-order valence-corrected chi connectivity index (χ3v) is 6.97. The number of carbonyl (C=O) groups excluding carboxylic acids is 1. The average molecular weight is 424 g/mol. The summed E-state index contributed by atoms with van der Waals surface area (Å²) in [5, 5.41) is 7.51. The fraction of sp³-hybridized carbons (Fsp3) is 0.304. The summed E-state index contributed by atoms with van der Waals surface area (Å²) in [5.41, 5.74) is 4.35. The number of nitrogens with one attached hydrogen (secondary N) is 1. The molecule has 0 saturated carbocycles. The van der Waals surface area contributed by atoms with E-state index in [0.29, 0.717) is 5.75 Å². The quantitative estimate of drug-likeness (QED) is 0.383. The third-order valence-electron chi connectivity index (χ3n) is 4.95. The Kier molecular flexibility index (Phi) is 5.40. The van der Waals surface area contributed by atoms with E-state index >= 15 is 0 Å². The molecule has 0 atom stereocenters. The second kappa shape index (κ2) is 7.84. The van der Waals surface area contributed by atoms with Crippen molar-refractivity contribution in [3.05, 3.63) is 53.5 Å². The summed E-state index contributed by atoms with van der Waals surface area (Å²) in [6.07, 6.45) is 0. The van der Waals surface area contributed by atoms with E-state index in [4.69, 9.17) is 0 Å². The highest BCUT2D eigenvalue weighted by atomic mass is 32.2. The van der Waals surface area contributed by atoms with Crippen LogP contribution in [0.4, 0.5) is 5.69 Å². The maximum Gasteiger partial charge on any atom is 0.234 e. The summed E-state index contributed by atoms with van der Waals surface area (Å²) in [5.74, 6) is 0.340. The minimum absolute atomic E-state index is 0.0129. The highest BCUT2D eigenvalue weighted by Crippen LogP contribution is 2.32. The molecule has 0 spiro atoms. The number of nitrogens with zero attached hydrogens (tertiary/aromatic N) is 2.